The molecule has 0 saturated carbocycles. The number of anilines is 1. The summed E-state index contributed by atoms with van der Waals surface area (Å²) in [6.45, 7) is 1.64. The molecule has 228 valence electrons. The molecule has 0 fully saturated rings. The second kappa shape index (κ2) is 13.7. The molecule has 0 aromatic heterocycles. The minimum atomic E-state index is -4.11. The van der Waals surface area contributed by atoms with Crippen molar-refractivity contribution in [1.29, 1.82) is 0 Å². The average Bonchev–Trinajstić information content (AvgIpc) is 3.04. The van der Waals surface area contributed by atoms with Gasteiger partial charge in [0, 0.05) is 13.1 Å². The predicted molar refractivity (Wildman–Crippen MR) is 168 cm³/mol. The van der Waals surface area contributed by atoms with E-state index in [-0.39, 0.29) is 23.9 Å². The summed E-state index contributed by atoms with van der Waals surface area (Å²) in [5.41, 5.74) is 2.95. The zero-order valence-corrected chi connectivity index (χ0v) is 25.5. The number of carbonyl (C=O) groups excluding carboxylic acids is 2. The summed E-state index contributed by atoms with van der Waals surface area (Å²) in [5, 5.41) is 2.91. The molecule has 0 aliphatic carbocycles. The third kappa shape index (κ3) is 7.10. The Labute approximate surface area is 258 Å². The fourth-order valence-corrected chi connectivity index (χ4v) is 6.57. The largest absolute Gasteiger partial charge is 0.496 e. The van der Waals surface area contributed by atoms with Crippen molar-refractivity contribution in [3.63, 3.8) is 0 Å². The van der Waals surface area contributed by atoms with Crippen LogP contribution in [0.25, 0.3) is 0 Å². The fraction of sp³-hybridized carbons (Fsp3) is 0.235. The van der Waals surface area contributed by atoms with E-state index in [0.29, 0.717) is 35.7 Å². The number of methoxy groups -OCH3 is 1. The van der Waals surface area contributed by atoms with E-state index < -0.39 is 28.6 Å². The van der Waals surface area contributed by atoms with Crippen molar-refractivity contribution in [1.82, 2.24) is 9.62 Å². The number of aryl methyl sites for hydroxylation is 1. The number of hydrogen-bond acceptors (Lipinski definition) is 6. The van der Waals surface area contributed by atoms with Crippen LogP contribution >= 0.6 is 0 Å². The van der Waals surface area contributed by atoms with Gasteiger partial charge in [-0.25, -0.2) is 8.42 Å². The van der Waals surface area contributed by atoms with Crippen LogP contribution in [0.1, 0.15) is 16.7 Å². The van der Waals surface area contributed by atoms with Gasteiger partial charge >= 0.3 is 0 Å². The molecule has 44 heavy (non-hydrogen) atoms. The Hall–Kier alpha value is -4.67. The highest BCUT2D eigenvalue weighted by Gasteiger charge is 2.36. The number of hydrogen-bond donors (Lipinski definition) is 1. The third-order valence-electron chi connectivity index (χ3n) is 7.44. The maximum atomic E-state index is 14.0. The maximum Gasteiger partial charge on any atom is 0.262 e. The molecule has 0 unspecified atom stereocenters. The monoisotopic (exact) mass is 613 g/mol. The van der Waals surface area contributed by atoms with E-state index in [1.54, 1.807) is 37.3 Å². The van der Waals surface area contributed by atoms with Gasteiger partial charge in [-0.1, -0.05) is 72.8 Å². The number of ether oxygens (including phenoxy) is 2. The Balaban J connectivity index is 1.38. The lowest BCUT2D eigenvalue weighted by molar-refractivity contribution is -0.128. The number of para-hydroxylation sites is 2. The van der Waals surface area contributed by atoms with Crippen LogP contribution in [0.2, 0.25) is 0 Å². The quantitative estimate of drug-likeness (QED) is 0.270. The highest BCUT2D eigenvalue weighted by Crippen LogP contribution is 2.34. The van der Waals surface area contributed by atoms with Gasteiger partial charge in [-0.05, 0) is 60.4 Å². The van der Waals surface area contributed by atoms with E-state index in [1.165, 1.54) is 28.4 Å². The van der Waals surface area contributed by atoms with Crippen LogP contribution in [0, 0.1) is 6.92 Å². The number of fused-ring (bicyclic) bond motifs is 1. The van der Waals surface area contributed by atoms with Crippen LogP contribution in [0.3, 0.4) is 0 Å². The zero-order valence-electron chi connectivity index (χ0n) is 24.7. The summed E-state index contributed by atoms with van der Waals surface area (Å²) in [7, 11) is -2.58. The SMILES string of the molecule is COc1ccc(S(=O)(=O)N(CC(=O)N2C[C@@H](C(=O)NCCc3ccccc3)Oc3ccccc32)Cc2ccccc2)cc1C. The fourth-order valence-electron chi connectivity index (χ4n) is 5.11. The van der Waals surface area contributed by atoms with Crippen molar-refractivity contribution in [3.8, 4) is 11.5 Å². The molecular weight excluding hydrogens is 578 g/mol. The molecule has 1 aliphatic heterocycles. The molecule has 4 aromatic rings. The Morgan fingerprint density at radius 3 is 2.27 bits per heavy atom. The van der Waals surface area contributed by atoms with E-state index in [2.05, 4.69) is 5.32 Å². The Bertz CT molecular complexity index is 1710. The van der Waals surface area contributed by atoms with Crippen molar-refractivity contribution in [3.05, 3.63) is 120 Å². The first kappa shape index (κ1) is 30.8. The van der Waals surface area contributed by atoms with E-state index in [9.17, 15) is 18.0 Å². The molecule has 4 aromatic carbocycles. The first-order chi connectivity index (χ1) is 21.3. The number of sulfonamides is 1. The van der Waals surface area contributed by atoms with Gasteiger partial charge in [0.15, 0.2) is 6.10 Å². The normalized spacial score (nSPS) is 14.4. The first-order valence-corrected chi connectivity index (χ1v) is 15.8. The summed E-state index contributed by atoms with van der Waals surface area (Å²) in [4.78, 5) is 28.6. The lowest BCUT2D eigenvalue weighted by Crippen LogP contribution is -2.53. The van der Waals surface area contributed by atoms with Crippen LogP contribution in [-0.2, 0) is 32.6 Å². The molecule has 0 saturated heterocycles. The van der Waals surface area contributed by atoms with Crippen molar-refractivity contribution in [2.24, 2.45) is 0 Å². The average molecular weight is 614 g/mol. The minimum absolute atomic E-state index is 0.0185. The summed E-state index contributed by atoms with van der Waals surface area (Å²) in [5.74, 6) is 0.106. The Morgan fingerprint density at radius 1 is 0.932 bits per heavy atom. The summed E-state index contributed by atoms with van der Waals surface area (Å²) in [6, 6.07) is 30.5. The van der Waals surface area contributed by atoms with Gasteiger partial charge in [0.05, 0.1) is 30.8 Å². The minimum Gasteiger partial charge on any atom is -0.496 e. The Kier molecular flexibility index (Phi) is 9.62. The molecule has 5 rings (SSSR count). The molecule has 9 nitrogen and oxygen atoms in total. The van der Waals surface area contributed by atoms with Gasteiger partial charge in [-0.3, -0.25) is 9.59 Å². The van der Waals surface area contributed by atoms with Gasteiger partial charge < -0.3 is 19.7 Å². The van der Waals surface area contributed by atoms with E-state index in [4.69, 9.17) is 9.47 Å². The highest BCUT2D eigenvalue weighted by molar-refractivity contribution is 7.89. The molecule has 1 N–H and O–H groups in total. The first-order valence-electron chi connectivity index (χ1n) is 14.3. The van der Waals surface area contributed by atoms with Crippen molar-refractivity contribution < 1.29 is 27.5 Å². The summed E-state index contributed by atoms with van der Waals surface area (Å²) < 4.78 is 40.4. The highest BCUT2D eigenvalue weighted by atomic mass is 32.2. The van der Waals surface area contributed by atoms with Crippen molar-refractivity contribution >= 4 is 27.5 Å². The second-order valence-corrected chi connectivity index (χ2v) is 12.4. The van der Waals surface area contributed by atoms with Crippen molar-refractivity contribution in [2.75, 3.05) is 31.6 Å². The topological polar surface area (TPSA) is 105 Å². The van der Waals surface area contributed by atoms with Crippen LogP contribution in [0.4, 0.5) is 5.69 Å². The lowest BCUT2D eigenvalue weighted by atomic mass is 10.1. The number of carbonyl (C=O) groups is 2. The Morgan fingerprint density at radius 2 is 1.59 bits per heavy atom. The summed E-state index contributed by atoms with van der Waals surface area (Å²) >= 11 is 0. The third-order valence-corrected chi connectivity index (χ3v) is 9.23. The number of nitrogens with zero attached hydrogens (tertiary/aromatic N) is 2. The van der Waals surface area contributed by atoms with Gasteiger partial charge in [0.1, 0.15) is 11.5 Å². The number of rotatable bonds is 11. The number of nitrogens with one attached hydrogen (secondary N) is 1. The van der Waals surface area contributed by atoms with E-state index in [0.717, 1.165) is 11.1 Å². The van der Waals surface area contributed by atoms with Gasteiger partial charge in [-0.15, -0.1) is 0 Å². The zero-order chi connectivity index (χ0) is 31.1. The molecule has 10 heteroatoms. The molecule has 1 heterocycles. The number of amides is 2. The van der Waals surface area contributed by atoms with E-state index >= 15 is 0 Å². The predicted octanol–water partition coefficient (Wildman–Crippen LogP) is 4.35. The molecule has 0 bridgehead atoms. The molecule has 2 amide bonds. The molecule has 0 radical (unpaired) electrons. The smallest absolute Gasteiger partial charge is 0.262 e. The summed E-state index contributed by atoms with van der Waals surface area (Å²) in [6.07, 6.45) is -0.316. The van der Waals surface area contributed by atoms with Crippen LogP contribution in [-0.4, -0.2) is 57.4 Å². The van der Waals surface area contributed by atoms with Gasteiger partial charge in [0.25, 0.3) is 5.91 Å². The van der Waals surface area contributed by atoms with Crippen LogP contribution < -0.4 is 19.7 Å². The molecule has 1 aliphatic rings. The van der Waals surface area contributed by atoms with Crippen LogP contribution in [0.5, 0.6) is 11.5 Å². The maximum absolute atomic E-state index is 14.0. The number of benzene rings is 4. The van der Waals surface area contributed by atoms with Crippen molar-refractivity contribution in [2.45, 2.75) is 30.9 Å². The lowest BCUT2D eigenvalue weighted by Gasteiger charge is -2.35. The second-order valence-electron chi connectivity index (χ2n) is 10.5. The molecule has 0 spiro atoms. The van der Waals surface area contributed by atoms with Gasteiger partial charge in [-0.2, -0.15) is 4.31 Å². The van der Waals surface area contributed by atoms with Gasteiger partial charge in [0.2, 0.25) is 15.9 Å². The molecule has 1 atom stereocenters. The molecular formula is C34H35N3O6S. The van der Waals surface area contributed by atoms with E-state index in [1.807, 2.05) is 60.7 Å². The van der Waals surface area contributed by atoms with Crippen LogP contribution in [0.15, 0.2) is 108 Å². The standard InChI is InChI=1S/C34H35N3O6S/c1-25-21-28(17-18-30(25)42-2)44(40,41)36(22-27-13-7-4-8-14-27)24-33(38)37-23-32(43-31-16-10-9-15-29(31)37)34(39)35-20-19-26-11-5-3-6-12-26/h3-18,21,32H,19-20,22-24H2,1-2H3,(H,35,39)/t32-/m0/s1.